The van der Waals surface area contributed by atoms with Crippen molar-refractivity contribution in [1.82, 2.24) is 0 Å². The zero-order valence-corrected chi connectivity index (χ0v) is 10.8. The van der Waals surface area contributed by atoms with Crippen molar-refractivity contribution in [1.29, 1.82) is 0 Å². The average Bonchev–Trinajstić information content (AvgIpc) is 2.68. The fraction of sp³-hybridized carbons (Fsp3) is 0.308. The van der Waals surface area contributed by atoms with Crippen LogP contribution in [0.3, 0.4) is 0 Å². The number of hydrogen-bond acceptors (Lipinski definition) is 2. The third-order valence-corrected chi connectivity index (χ3v) is 3.93. The number of allylic oxidation sites excluding steroid dienone is 1. The summed E-state index contributed by atoms with van der Waals surface area (Å²) in [5.41, 5.74) is 2.84. The molecule has 0 amide bonds. The molecule has 0 N–H and O–H groups in total. The second-order valence-electron chi connectivity index (χ2n) is 4.26. The van der Waals surface area contributed by atoms with Gasteiger partial charge in [0.05, 0.1) is 0 Å². The molecule has 0 saturated carbocycles. The van der Waals surface area contributed by atoms with Gasteiger partial charge in [-0.25, -0.2) is 0 Å². The van der Waals surface area contributed by atoms with Gasteiger partial charge in [-0.2, -0.15) is 0 Å². The van der Waals surface area contributed by atoms with E-state index in [4.69, 9.17) is 4.84 Å². The Hall–Kier alpha value is -1.29. The van der Waals surface area contributed by atoms with Crippen molar-refractivity contribution in [3.8, 4) is 0 Å². The van der Waals surface area contributed by atoms with Crippen LogP contribution in [-0.2, 0) is 4.84 Å². The molecule has 17 heavy (non-hydrogen) atoms. The minimum absolute atomic E-state index is 0.252. The van der Waals surface area contributed by atoms with Crippen LogP contribution in [0.5, 0.6) is 0 Å². The molecular formula is C13H12BrNO2. The van der Waals surface area contributed by atoms with Gasteiger partial charge in [0.15, 0.2) is 0 Å². The molecule has 4 heteroatoms. The topological polar surface area (TPSA) is 35.3 Å². The molecule has 2 aliphatic rings. The first-order valence-corrected chi connectivity index (χ1v) is 6.51. The van der Waals surface area contributed by atoms with E-state index in [9.17, 15) is 5.21 Å². The van der Waals surface area contributed by atoms with Gasteiger partial charge in [0.2, 0.25) is 5.71 Å². The van der Waals surface area contributed by atoms with Crippen LogP contribution >= 0.6 is 15.9 Å². The molecule has 1 aromatic carbocycles. The summed E-state index contributed by atoms with van der Waals surface area (Å²) < 4.78 is 0.978. The Kier molecular flexibility index (Phi) is 2.67. The van der Waals surface area contributed by atoms with Crippen LogP contribution in [0, 0.1) is 5.21 Å². The molecule has 1 atom stereocenters. The molecule has 1 aliphatic heterocycles. The number of nitrogens with zero attached hydrogens (tertiary/aromatic N) is 1. The molecule has 3 rings (SSSR count). The summed E-state index contributed by atoms with van der Waals surface area (Å²) in [5, 5.41) is 11.7. The largest absolute Gasteiger partial charge is 0.390 e. The summed E-state index contributed by atoms with van der Waals surface area (Å²) in [6.45, 7) is 0. The van der Waals surface area contributed by atoms with E-state index in [1.165, 1.54) is 0 Å². The van der Waals surface area contributed by atoms with E-state index < -0.39 is 0 Å². The molecular weight excluding hydrogens is 282 g/mol. The van der Waals surface area contributed by atoms with E-state index in [1.807, 2.05) is 24.3 Å². The van der Waals surface area contributed by atoms with Gasteiger partial charge in [-0.05, 0) is 24.5 Å². The molecule has 1 aliphatic carbocycles. The Bertz CT molecular complexity index is 522. The number of benzene rings is 1. The maximum atomic E-state index is 11.7. The van der Waals surface area contributed by atoms with Crippen molar-refractivity contribution in [3.63, 3.8) is 0 Å². The highest BCUT2D eigenvalue weighted by Gasteiger charge is 2.36. The van der Waals surface area contributed by atoms with Gasteiger partial charge in [-0.3, -0.25) is 5.21 Å². The molecule has 1 aromatic rings. The predicted octanol–water partition coefficient (Wildman–Crippen LogP) is 3.50. The van der Waals surface area contributed by atoms with Crippen molar-refractivity contribution in [3.05, 3.63) is 51.2 Å². The van der Waals surface area contributed by atoms with Crippen LogP contribution in [-0.4, -0.2) is 10.6 Å². The number of rotatable bonds is 1. The zero-order chi connectivity index (χ0) is 11.8. The Morgan fingerprint density at radius 1 is 1.35 bits per heavy atom. The monoisotopic (exact) mass is 293 g/mol. The Labute approximate surface area is 108 Å². The quantitative estimate of drug-likeness (QED) is 0.743. The van der Waals surface area contributed by atoms with E-state index in [-0.39, 0.29) is 6.10 Å². The second kappa shape index (κ2) is 4.18. The standard InChI is InChI=1S/C13H12BrNO2/c14-11-7-3-1-5-9(11)13-10-6-2-4-8-12(10)15(16)17-13/h1,3,5-7,13H,2,4,8H2. The van der Waals surface area contributed by atoms with E-state index in [0.29, 0.717) is 4.90 Å². The maximum absolute atomic E-state index is 11.7. The summed E-state index contributed by atoms with van der Waals surface area (Å²) >= 11 is 3.51. The molecule has 88 valence electrons. The number of fused-ring (bicyclic) bond motifs is 1. The van der Waals surface area contributed by atoms with Gasteiger partial charge >= 0.3 is 0 Å². The Morgan fingerprint density at radius 3 is 3.00 bits per heavy atom. The van der Waals surface area contributed by atoms with Crippen LogP contribution in [0.25, 0.3) is 0 Å². The third-order valence-electron chi connectivity index (χ3n) is 3.21. The summed E-state index contributed by atoms with van der Waals surface area (Å²) in [6, 6.07) is 7.87. The summed E-state index contributed by atoms with van der Waals surface area (Å²) in [6.07, 6.45) is 4.75. The fourth-order valence-corrected chi connectivity index (χ4v) is 2.87. The molecule has 1 heterocycles. The highest BCUT2D eigenvalue weighted by Crippen LogP contribution is 2.38. The molecule has 0 aromatic heterocycles. The van der Waals surface area contributed by atoms with Gasteiger partial charge in [-0.1, -0.05) is 40.2 Å². The van der Waals surface area contributed by atoms with Crippen molar-refractivity contribution in [2.24, 2.45) is 0 Å². The average molecular weight is 294 g/mol. The maximum Gasteiger partial charge on any atom is 0.249 e. The van der Waals surface area contributed by atoms with Crippen molar-refractivity contribution < 1.29 is 9.74 Å². The lowest BCUT2D eigenvalue weighted by Gasteiger charge is -2.16. The normalized spacial score (nSPS) is 23.1. The highest BCUT2D eigenvalue weighted by molar-refractivity contribution is 9.10. The number of halogens is 1. The molecule has 1 unspecified atom stereocenters. The smallest absolute Gasteiger partial charge is 0.249 e. The van der Waals surface area contributed by atoms with E-state index in [2.05, 4.69) is 22.0 Å². The predicted molar refractivity (Wildman–Crippen MR) is 68.5 cm³/mol. The van der Waals surface area contributed by atoms with Gasteiger partial charge in [0, 0.05) is 21.4 Å². The lowest BCUT2D eigenvalue weighted by Crippen LogP contribution is -2.11. The fourth-order valence-electron chi connectivity index (χ4n) is 2.37. The van der Waals surface area contributed by atoms with Gasteiger partial charge < -0.3 is 4.84 Å². The van der Waals surface area contributed by atoms with Crippen molar-refractivity contribution in [2.75, 3.05) is 0 Å². The summed E-state index contributed by atoms with van der Waals surface area (Å²) in [4.78, 5) is 6.11. The first-order chi connectivity index (χ1) is 8.27. The Balaban J connectivity index is 2.03. The Morgan fingerprint density at radius 2 is 2.18 bits per heavy atom. The van der Waals surface area contributed by atoms with Crippen molar-refractivity contribution >= 4 is 21.6 Å². The highest BCUT2D eigenvalue weighted by atomic mass is 79.9. The first kappa shape index (κ1) is 10.8. The third kappa shape index (κ3) is 1.76. The SMILES string of the molecule is [O-][N+]1=C2CCCC=C2C(c2ccccc2Br)O1. The number of hydrogen-bond donors (Lipinski definition) is 0. The first-order valence-electron chi connectivity index (χ1n) is 5.72. The molecule has 3 nitrogen and oxygen atoms in total. The molecule has 0 fully saturated rings. The van der Waals surface area contributed by atoms with Crippen LogP contribution in [0.15, 0.2) is 40.4 Å². The summed E-state index contributed by atoms with van der Waals surface area (Å²) in [7, 11) is 0. The van der Waals surface area contributed by atoms with Crippen LogP contribution < -0.4 is 0 Å². The van der Waals surface area contributed by atoms with Gasteiger partial charge in [0.1, 0.15) is 6.10 Å². The van der Waals surface area contributed by atoms with Crippen molar-refractivity contribution in [2.45, 2.75) is 25.4 Å². The minimum Gasteiger partial charge on any atom is -0.390 e. The molecule has 0 spiro atoms. The van der Waals surface area contributed by atoms with E-state index in [0.717, 1.165) is 40.6 Å². The van der Waals surface area contributed by atoms with Crippen LogP contribution in [0.2, 0.25) is 0 Å². The van der Waals surface area contributed by atoms with E-state index >= 15 is 0 Å². The lowest BCUT2D eigenvalue weighted by molar-refractivity contribution is -0.743. The lowest BCUT2D eigenvalue weighted by atomic mass is 9.91. The molecule has 0 bridgehead atoms. The minimum atomic E-state index is -0.252. The summed E-state index contributed by atoms with van der Waals surface area (Å²) in [5.74, 6) is 0. The van der Waals surface area contributed by atoms with Gasteiger partial charge in [0.25, 0.3) is 0 Å². The molecule has 0 radical (unpaired) electrons. The van der Waals surface area contributed by atoms with Gasteiger partial charge in [-0.15, -0.1) is 0 Å². The molecule has 0 saturated heterocycles. The van der Waals surface area contributed by atoms with Crippen LogP contribution in [0.1, 0.15) is 30.9 Å². The van der Waals surface area contributed by atoms with Crippen LogP contribution in [0.4, 0.5) is 0 Å². The van der Waals surface area contributed by atoms with E-state index in [1.54, 1.807) is 0 Å². The second-order valence-corrected chi connectivity index (χ2v) is 5.12. The zero-order valence-electron chi connectivity index (χ0n) is 9.23.